The lowest BCUT2D eigenvalue weighted by atomic mass is 10.1. The van der Waals surface area contributed by atoms with E-state index < -0.39 is 10.0 Å². The highest BCUT2D eigenvalue weighted by molar-refractivity contribution is 7.89. The Morgan fingerprint density at radius 1 is 1.12 bits per heavy atom. The SMILES string of the molecule is Cc1c(Cl)cccc1S(=O)(=O)N(Cc1cccc(OCC2CCOC2)c1)Cc1ccccn1. The van der Waals surface area contributed by atoms with E-state index >= 15 is 0 Å². The van der Waals surface area contributed by atoms with Gasteiger partial charge in [0.25, 0.3) is 0 Å². The molecule has 3 aromatic rings. The van der Waals surface area contributed by atoms with E-state index in [1.165, 1.54) is 4.31 Å². The van der Waals surface area contributed by atoms with Crippen LogP contribution < -0.4 is 4.74 Å². The molecule has 4 rings (SSSR count). The van der Waals surface area contributed by atoms with Crippen molar-refractivity contribution in [3.8, 4) is 5.75 Å². The second-order valence-electron chi connectivity index (χ2n) is 8.15. The Morgan fingerprint density at radius 3 is 2.73 bits per heavy atom. The van der Waals surface area contributed by atoms with Crippen LogP contribution >= 0.6 is 11.6 Å². The Labute approximate surface area is 200 Å². The lowest BCUT2D eigenvalue weighted by Gasteiger charge is -2.23. The first-order valence-electron chi connectivity index (χ1n) is 10.9. The molecular formula is C25H27ClN2O4S. The van der Waals surface area contributed by atoms with Gasteiger partial charge in [0.15, 0.2) is 0 Å². The summed E-state index contributed by atoms with van der Waals surface area (Å²) >= 11 is 6.23. The van der Waals surface area contributed by atoms with Gasteiger partial charge in [-0.15, -0.1) is 0 Å². The molecular weight excluding hydrogens is 460 g/mol. The summed E-state index contributed by atoms with van der Waals surface area (Å²) in [5.74, 6) is 1.11. The zero-order valence-corrected chi connectivity index (χ0v) is 20.1. The molecule has 0 amide bonds. The van der Waals surface area contributed by atoms with E-state index in [4.69, 9.17) is 21.1 Å². The summed E-state index contributed by atoms with van der Waals surface area (Å²) in [5, 5.41) is 0.417. The van der Waals surface area contributed by atoms with Gasteiger partial charge in [0.05, 0.1) is 30.3 Å². The normalized spacial score (nSPS) is 16.3. The fraction of sp³-hybridized carbons (Fsp3) is 0.320. The van der Waals surface area contributed by atoms with Crippen LogP contribution in [0.5, 0.6) is 5.75 Å². The zero-order valence-electron chi connectivity index (χ0n) is 18.5. The molecule has 33 heavy (non-hydrogen) atoms. The average molecular weight is 487 g/mol. The number of nitrogens with zero attached hydrogens (tertiary/aromatic N) is 2. The Hall–Kier alpha value is -2.45. The van der Waals surface area contributed by atoms with Crippen molar-refractivity contribution in [3.63, 3.8) is 0 Å². The predicted molar refractivity (Wildman–Crippen MR) is 128 cm³/mol. The van der Waals surface area contributed by atoms with E-state index in [1.54, 1.807) is 37.4 Å². The quantitative estimate of drug-likeness (QED) is 0.432. The molecule has 2 aromatic carbocycles. The van der Waals surface area contributed by atoms with Crippen molar-refractivity contribution >= 4 is 21.6 Å². The molecule has 1 aromatic heterocycles. The van der Waals surface area contributed by atoms with Crippen LogP contribution in [0.1, 0.15) is 23.2 Å². The van der Waals surface area contributed by atoms with Crippen LogP contribution in [0, 0.1) is 12.8 Å². The van der Waals surface area contributed by atoms with Gasteiger partial charge in [-0.3, -0.25) is 4.98 Å². The number of hydrogen-bond donors (Lipinski definition) is 0. The fourth-order valence-corrected chi connectivity index (χ4v) is 5.65. The molecule has 0 N–H and O–H groups in total. The molecule has 8 heteroatoms. The average Bonchev–Trinajstić information content (AvgIpc) is 3.34. The minimum absolute atomic E-state index is 0.139. The Bertz CT molecular complexity index is 1180. The molecule has 1 atom stereocenters. The van der Waals surface area contributed by atoms with Crippen LogP contribution in [0.4, 0.5) is 0 Å². The number of hydrogen-bond acceptors (Lipinski definition) is 5. The number of benzene rings is 2. The maximum atomic E-state index is 13.7. The summed E-state index contributed by atoms with van der Waals surface area (Å²) in [6.07, 6.45) is 2.65. The molecule has 0 spiro atoms. The molecule has 6 nitrogen and oxygen atoms in total. The third-order valence-electron chi connectivity index (χ3n) is 5.67. The van der Waals surface area contributed by atoms with Gasteiger partial charge < -0.3 is 9.47 Å². The molecule has 1 fully saturated rings. The van der Waals surface area contributed by atoms with Gasteiger partial charge in [0.1, 0.15) is 5.75 Å². The number of pyridine rings is 1. The van der Waals surface area contributed by atoms with Crippen LogP contribution in [0.2, 0.25) is 5.02 Å². The number of ether oxygens (including phenoxy) is 2. The number of rotatable bonds is 9. The summed E-state index contributed by atoms with van der Waals surface area (Å²) in [4.78, 5) is 4.52. The van der Waals surface area contributed by atoms with Gasteiger partial charge in [0, 0.05) is 30.3 Å². The minimum Gasteiger partial charge on any atom is -0.493 e. The largest absolute Gasteiger partial charge is 0.493 e. The lowest BCUT2D eigenvalue weighted by molar-refractivity contribution is 0.167. The Kier molecular flexibility index (Phi) is 7.65. The second kappa shape index (κ2) is 10.7. The van der Waals surface area contributed by atoms with E-state index in [9.17, 15) is 8.42 Å². The zero-order chi connectivity index (χ0) is 23.3. The van der Waals surface area contributed by atoms with E-state index in [0.29, 0.717) is 34.6 Å². The first kappa shape index (κ1) is 23.7. The lowest BCUT2D eigenvalue weighted by Crippen LogP contribution is -2.31. The maximum Gasteiger partial charge on any atom is 0.244 e. The van der Waals surface area contributed by atoms with Crippen LogP contribution in [0.15, 0.2) is 71.8 Å². The highest BCUT2D eigenvalue weighted by Crippen LogP contribution is 2.28. The molecule has 2 heterocycles. The van der Waals surface area contributed by atoms with Crippen LogP contribution in [-0.4, -0.2) is 37.5 Å². The number of aromatic nitrogens is 1. The van der Waals surface area contributed by atoms with Crippen molar-refractivity contribution < 1.29 is 17.9 Å². The molecule has 0 aliphatic carbocycles. The third-order valence-corrected chi connectivity index (χ3v) is 8.01. The van der Waals surface area contributed by atoms with Crippen molar-refractivity contribution in [3.05, 3.63) is 88.7 Å². The van der Waals surface area contributed by atoms with E-state index in [0.717, 1.165) is 25.2 Å². The minimum atomic E-state index is -3.84. The van der Waals surface area contributed by atoms with Crippen molar-refractivity contribution in [2.24, 2.45) is 5.92 Å². The van der Waals surface area contributed by atoms with Crippen LogP contribution in [-0.2, 0) is 27.8 Å². The maximum absolute atomic E-state index is 13.7. The monoisotopic (exact) mass is 486 g/mol. The topological polar surface area (TPSA) is 68.7 Å². The molecule has 0 radical (unpaired) electrons. The van der Waals surface area contributed by atoms with Crippen molar-refractivity contribution in [2.75, 3.05) is 19.8 Å². The van der Waals surface area contributed by atoms with Gasteiger partial charge in [-0.1, -0.05) is 35.9 Å². The summed E-state index contributed by atoms with van der Waals surface area (Å²) < 4.78 is 40.2. The van der Waals surface area contributed by atoms with E-state index in [-0.39, 0.29) is 18.0 Å². The van der Waals surface area contributed by atoms with Gasteiger partial charge in [-0.2, -0.15) is 4.31 Å². The number of halogens is 1. The van der Waals surface area contributed by atoms with Crippen LogP contribution in [0.3, 0.4) is 0 Å². The third kappa shape index (κ3) is 5.92. The van der Waals surface area contributed by atoms with E-state index in [2.05, 4.69) is 4.98 Å². The smallest absolute Gasteiger partial charge is 0.244 e. The molecule has 1 unspecified atom stereocenters. The molecule has 1 aliphatic rings. The van der Waals surface area contributed by atoms with Gasteiger partial charge >= 0.3 is 0 Å². The molecule has 1 aliphatic heterocycles. The predicted octanol–water partition coefficient (Wildman–Crippen LogP) is 4.85. The Morgan fingerprint density at radius 2 is 1.97 bits per heavy atom. The van der Waals surface area contributed by atoms with Crippen molar-refractivity contribution in [1.82, 2.24) is 9.29 Å². The van der Waals surface area contributed by atoms with Gasteiger partial charge in [-0.25, -0.2) is 8.42 Å². The van der Waals surface area contributed by atoms with Gasteiger partial charge in [-0.05, 0) is 60.9 Å². The second-order valence-corrected chi connectivity index (χ2v) is 10.5. The highest BCUT2D eigenvalue weighted by Gasteiger charge is 2.28. The summed E-state index contributed by atoms with van der Waals surface area (Å²) in [7, 11) is -3.84. The van der Waals surface area contributed by atoms with Crippen molar-refractivity contribution in [2.45, 2.75) is 31.3 Å². The van der Waals surface area contributed by atoms with Crippen molar-refractivity contribution in [1.29, 1.82) is 0 Å². The standard InChI is InChI=1S/C25H27ClN2O4S/c1-19-24(26)9-5-10-25(19)33(29,30)28(16-22-7-2-3-12-27-22)15-20-6-4-8-23(14-20)32-18-21-11-13-31-17-21/h2-10,12,14,21H,11,13,15-18H2,1H3. The molecule has 174 valence electrons. The molecule has 0 bridgehead atoms. The molecule has 0 saturated carbocycles. The molecule has 1 saturated heterocycles. The Balaban J connectivity index is 1.60. The fourth-order valence-electron chi connectivity index (χ4n) is 3.77. The number of sulfonamides is 1. The highest BCUT2D eigenvalue weighted by atomic mass is 35.5. The summed E-state index contributed by atoms with van der Waals surface area (Å²) in [6.45, 7) is 4.11. The summed E-state index contributed by atoms with van der Waals surface area (Å²) in [5.41, 5.74) is 2.02. The van der Waals surface area contributed by atoms with E-state index in [1.807, 2.05) is 36.4 Å². The summed E-state index contributed by atoms with van der Waals surface area (Å²) in [6, 6.07) is 18.0. The van der Waals surface area contributed by atoms with Gasteiger partial charge in [0.2, 0.25) is 10.0 Å². The first-order chi connectivity index (χ1) is 15.9. The van der Waals surface area contributed by atoms with Crippen LogP contribution in [0.25, 0.3) is 0 Å². The first-order valence-corrected chi connectivity index (χ1v) is 12.7.